The van der Waals surface area contributed by atoms with Gasteiger partial charge in [0.1, 0.15) is 6.04 Å². The third-order valence-electron chi connectivity index (χ3n) is 2.70. The smallest absolute Gasteiger partial charge is 0.242 e. The van der Waals surface area contributed by atoms with E-state index in [4.69, 9.17) is 5.73 Å². The van der Waals surface area contributed by atoms with Crippen molar-refractivity contribution in [3.05, 3.63) is 0 Å². The third-order valence-corrected chi connectivity index (χ3v) is 2.70. The molecule has 1 saturated carbocycles. The number of carbonyl (C=O) groups is 1. The molecule has 0 spiro atoms. The summed E-state index contributed by atoms with van der Waals surface area (Å²) < 4.78 is 0. The molecule has 104 valence electrons. The van der Waals surface area contributed by atoms with E-state index in [1.165, 1.54) is 0 Å². The van der Waals surface area contributed by atoms with Crippen LogP contribution >= 0.6 is 0 Å². The molecule has 1 aliphatic carbocycles. The minimum Gasteiger partial charge on any atom is -0.368 e. The molecule has 0 radical (unpaired) electrons. The highest BCUT2D eigenvalue weighted by Gasteiger charge is 2.25. The maximum atomic E-state index is 11.8. The Labute approximate surface area is 111 Å². The molecular weight excluding hydrogens is 246 g/mol. The van der Waals surface area contributed by atoms with Crippen LogP contribution < -0.4 is 21.3 Å². The zero-order chi connectivity index (χ0) is 14.0. The van der Waals surface area contributed by atoms with Crippen molar-refractivity contribution in [3.63, 3.8) is 0 Å². The number of hydrogen-bond donors (Lipinski definition) is 3. The second-order valence-corrected chi connectivity index (χ2v) is 4.86. The molecule has 1 unspecified atom stereocenters. The molecule has 1 aromatic heterocycles. The van der Waals surface area contributed by atoms with Gasteiger partial charge in [-0.2, -0.15) is 15.0 Å². The minimum atomic E-state index is -0.419. The SMILES string of the molecule is CC(Nc1nc(N)nc(N(C)C)n1)C(=O)NC1CC1. The van der Waals surface area contributed by atoms with Crippen molar-refractivity contribution in [2.45, 2.75) is 31.8 Å². The molecule has 4 N–H and O–H groups in total. The molecule has 1 amide bonds. The van der Waals surface area contributed by atoms with E-state index in [-0.39, 0.29) is 11.9 Å². The van der Waals surface area contributed by atoms with Crippen molar-refractivity contribution in [1.29, 1.82) is 0 Å². The Hall–Kier alpha value is -2.12. The summed E-state index contributed by atoms with van der Waals surface area (Å²) in [5.41, 5.74) is 5.61. The van der Waals surface area contributed by atoms with Crippen LogP contribution in [0.5, 0.6) is 0 Å². The highest BCUT2D eigenvalue weighted by atomic mass is 16.2. The van der Waals surface area contributed by atoms with Crippen LogP contribution in [0.15, 0.2) is 0 Å². The summed E-state index contributed by atoms with van der Waals surface area (Å²) in [5.74, 6) is 0.809. The van der Waals surface area contributed by atoms with Crippen LogP contribution in [0.25, 0.3) is 0 Å². The molecule has 8 nitrogen and oxygen atoms in total. The van der Waals surface area contributed by atoms with Crippen molar-refractivity contribution in [2.75, 3.05) is 30.0 Å². The number of rotatable bonds is 5. The lowest BCUT2D eigenvalue weighted by molar-refractivity contribution is -0.121. The molecule has 0 bridgehead atoms. The van der Waals surface area contributed by atoms with E-state index in [2.05, 4.69) is 25.6 Å². The van der Waals surface area contributed by atoms with Crippen molar-refractivity contribution < 1.29 is 4.79 Å². The Kier molecular flexibility index (Phi) is 3.68. The molecule has 1 aliphatic rings. The van der Waals surface area contributed by atoms with Gasteiger partial charge in [0, 0.05) is 20.1 Å². The molecule has 1 heterocycles. The molecule has 1 atom stereocenters. The highest BCUT2D eigenvalue weighted by molar-refractivity contribution is 5.84. The summed E-state index contributed by atoms with van der Waals surface area (Å²) in [5, 5.41) is 5.84. The summed E-state index contributed by atoms with van der Waals surface area (Å²) in [6, 6.07) is -0.0880. The summed E-state index contributed by atoms with van der Waals surface area (Å²) in [6.45, 7) is 1.76. The lowest BCUT2D eigenvalue weighted by Crippen LogP contribution is -2.39. The zero-order valence-corrected chi connectivity index (χ0v) is 11.3. The first-order valence-electron chi connectivity index (χ1n) is 6.21. The molecule has 0 aromatic carbocycles. The average molecular weight is 265 g/mol. The van der Waals surface area contributed by atoms with Gasteiger partial charge in [-0.15, -0.1) is 0 Å². The second kappa shape index (κ2) is 5.25. The third kappa shape index (κ3) is 3.67. The molecule has 19 heavy (non-hydrogen) atoms. The Balaban J connectivity index is 2.02. The second-order valence-electron chi connectivity index (χ2n) is 4.86. The van der Waals surface area contributed by atoms with Crippen LogP contribution in [0, 0.1) is 0 Å². The summed E-state index contributed by atoms with van der Waals surface area (Å²) in [4.78, 5) is 25.7. The largest absolute Gasteiger partial charge is 0.368 e. The number of hydrogen-bond acceptors (Lipinski definition) is 7. The molecular formula is C11H19N7O. The van der Waals surface area contributed by atoms with Crippen molar-refractivity contribution in [1.82, 2.24) is 20.3 Å². The number of nitrogens with zero attached hydrogens (tertiary/aromatic N) is 4. The Morgan fingerprint density at radius 1 is 1.37 bits per heavy atom. The van der Waals surface area contributed by atoms with E-state index in [9.17, 15) is 4.79 Å². The maximum Gasteiger partial charge on any atom is 0.242 e. The van der Waals surface area contributed by atoms with Gasteiger partial charge in [0.2, 0.25) is 23.8 Å². The van der Waals surface area contributed by atoms with Crippen molar-refractivity contribution in [3.8, 4) is 0 Å². The summed E-state index contributed by atoms with van der Waals surface area (Å²) in [7, 11) is 3.61. The first kappa shape index (κ1) is 13.3. The van der Waals surface area contributed by atoms with Crippen molar-refractivity contribution >= 4 is 23.8 Å². The van der Waals surface area contributed by atoms with Crippen LogP contribution in [-0.4, -0.2) is 47.0 Å². The van der Waals surface area contributed by atoms with Crippen LogP contribution in [0.1, 0.15) is 19.8 Å². The van der Waals surface area contributed by atoms with Gasteiger partial charge < -0.3 is 21.3 Å². The topological polar surface area (TPSA) is 109 Å². The predicted molar refractivity (Wildman–Crippen MR) is 72.8 cm³/mol. The van der Waals surface area contributed by atoms with Gasteiger partial charge in [-0.3, -0.25) is 4.79 Å². The van der Waals surface area contributed by atoms with E-state index in [0.717, 1.165) is 12.8 Å². The first-order valence-corrected chi connectivity index (χ1v) is 6.21. The first-order chi connectivity index (χ1) is 8.95. The van der Waals surface area contributed by atoms with Crippen molar-refractivity contribution in [2.24, 2.45) is 0 Å². The molecule has 1 aromatic rings. The molecule has 0 aliphatic heterocycles. The molecule has 0 saturated heterocycles. The number of nitrogen functional groups attached to an aromatic ring is 1. The fourth-order valence-electron chi connectivity index (χ4n) is 1.46. The summed E-state index contributed by atoms with van der Waals surface area (Å²) in [6.07, 6.45) is 2.11. The monoisotopic (exact) mass is 265 g/mol. The maximum absolute atomic E-state index is 11.8. The van der Waals surface area contributed by atoms with Gasteiger partial charge in [0.05, 0.1) is 0 Å². The Bertz CT molecular complexity index is 472. The van der Waals surface area contributed by atoms with E-state index < -0.39 is 6.04 Å². The lowest BCUT2D eigenvalue weighted by Gasteiger charge is -2.16. The van der Waals surface area contributed by atoms with Crippen LogP contribution in [-0.2, 0) is 4.79 Å². The fourth-order valence-corrected chi connectivity index (χ4v) is 1.46. The molecule has 8 heteroatoms. The standard InChI is InChI=1S/C11H19N7O/c1-6(8(19)14-7-4-5-7)13-10-15-9(12)16-11(17-10)18(2)3/h6-7H,4-5H2,1-3H3,(H,14,19)(H3,12,13,15,16,17). The summed E-state index contributed by atoms with van der Waals surface area (Å²) >= 11 is 0. The quantitative estimate of drug-likeness (QED) is 0.664. The van der Waals surface area contributed by atoms with E-state index in [0.29, 0.717) is 17.9 Å². The van der Waals surface area contributed by atoms with Gasteiger partial charge >= 0.3 is 0 Å². The van der Waals surface area contributed by atoms with E-state index in [1.54, 1.807) is 11.8 Å². The average Bonchev–Trinajstić information content (AvgIpc) is 3.11. The van der Waals surface area contributed by atoms with Gasteiger partial charge in [-0.25, -0.2) is 0 Å². The number of aromatic nitrogens is 3. The van der Waals surface area contributed by atoms with E-state index in [1.807, 2.05) is 14.1 Å². The number of amides is 1. The van der Waals surface area contributed by atoms with Crippen LogP contribution in [0.4, 0.5) is 17.8 Å². The highest BCUT2D eigenvalue weighted by Crippen LogP contribution is 2.19. The molecule has 2 rings (SSSR count). The predicted octanol–water partition coefficient (Wildman–Crippen LogP) is -0.401. The van der Waals surface area contributed by atoms with E-state index >= 15 is 0 Å². The van der Waals surface area contributed by atoms with Gasteiger partial charge in [0.15, 0.2) is 0 Å². The lowest BCUT2D eigenvalue weighted by atomic mass is 10.3. The van der Waals surface area contributed by atoms with Gasteiger partial charge in [-0.05, 0) is 19.8 Å². The zero-order valence-electron chi connectivity index (χ0n) is 11.3. The number of carbonyl (C=O) groups excluding carboxylic acids is 1. The van der Waals surface area contributed by atoms with Crippen LogP contribution in [0.2, 0.25) is 0 Å². The fraction of sp³-hybridized carbons (Fsp3) is 0.636. The van der Waals surface area contributed by atoms with Gasteiger partial charge in [-0.1, -0.05) is 0 Å². The number of nitrogens with one attached hydrogen (secondary N) is 2. The number of nitrogens with two attached hydrogens (primary N) is 1. The Morgan fingerprint density at radius 3 is 2.63 bits per heavy atom. The Morgan fingerprint density at radius 2 is 2.05 bits per heavy atom. The van der Waals surface area contributed by atoms with Crippen LogP contribution in [0.3, 0.4) is 0 Å². The molecule has 1 fully saturated rings. The number of anilines is 3. The normalized spacial score (nSPS) is 15.7. The minimum absolute atomic E-state index is 0.0621. The van der Waals surface area contributed by atoms with Gasteiger partial charge in [0.25, 0.3) is 0 Å².